The third kappa shape index (κ3) is 2.55. The minimum Gasteiger partial charge on any atom is -0.395 e. The number of nitrogens with one attached hydrogen (secondary N) is 1. The standard InChI is InChI=1S/C10H11N3O6/c1-18-11-9(14)6-4-12(5-6)10(15)7-2-3-8(19-7)13(16)17/h2-3,6H,4-5H2,1H3,(H,11,14). The average Bonchev–Trinajstić information content (AvgIpc) is 2.76. The molecule has 1 aromatic heterocycles. The van der Waals surface area contributed by atoms with Crippen LogP contribution in [0.1, 0.15) is 10.6 Å². The first-order valence-corrected chi connectivity index (χ1v) is 5.39. The summed E-state index contributed by atoms with van der Waals surface area (Å²) in [5.74, 6) is -1.73. The number of hydroxylamine groups is 1. The van der Waals surface area contributed by atoms with E-state index in [1.165, 1.54) is 18.1 Å². The predicted molar refractivity (Wildman–Crippen MR) is 59.9 cm³/mol. The van der Waals surface area contributed by atoms with Crippen molar-refractivity contribution in [2.75, 3.05) is 20.2 Å². The van der Waals surface area contributed by atoms with Gasteiger partial charge in [0, 0.05) is 13.1 Å². The number of nitro groups is 1. The summed E-state index contributed by atoms with van der Waals surface area (Å²) in [6.07, 6.45) is 0. The molecule has 2 amide bonds. The van der Waals surface area contributed by atoms with E-state index in [4.69, 9.17) is 4.42 Å². The first-order chi connectivity index (χ1) is 9.02. The van der Waals surface area contributed by atoms with Crippen molar-refractivity contribution in [3.63, 3.8) is 0 Å². The van der Waals surface area contributed by atoms with Gasteiger partial charge >= 0.3 is 5.88 Å². The number of hydrogen-bond acceptors (Lipinski definition) is 6. The number of amides is 2. The van der Waals surface area contributed by atoms with Gasteiger partial charge in [0.15, 0.2) is 5.76 Å². The summed E-state index contributed by atoms with van der Waals surface area (Å²) in [6.45, 7) is 0.449. The van der Waals surface area contributed by atoms with Gasteiger partial charge in [-0.15, -0.1) is 0 Å². The molecule has 0 spiro atoms. The molecule has 9 heteroatoms. The third-order valence-electron chi connectivity index (χ3n) is 2.72. The highest BCUT2D eigenvalue weighted by atomic mass is 16.7. The summed E-state index contributed by atoms with van der Waals surface area (Å²) < 4.78 is 4.79. The summed E-state index contributed by atoms with van der Waals surface area (Å²) in [4.78, 5) is 38.7. The molecule has 0 unspecified atom stereocenters. The third-order valence-corrected chi connectivity index (χ3v) is 2.72. The molecule has 1 saturated heterocycles. The second-order valence-corrected chi connectivity index (χ2v) is 3.97. The molecule has 2 heterocycles. The van der Waals surface area contributed by atoms with Gasteiger partial charge in [-0.05, 0) is 6.07 Å². The Hall–Kier alpha value is -2.42. The highest BCUT2D eigenvalue weighted by molar-refractivity contribution is 5.93. The van der Waals surface area contributed by atoms with Gasteiger partial charge in [0.2, 0.25) is 5.91 Å². The monoisotopic (exact) mass is 269 g/mol. The fourth-order valence-electron chi connectivity index (χ4n) is 1.69. The van der Waals surface area contributed by atoms with Crippen LogP contribution in [0.2, 0.25) is 0 Å². The maximum absolute atomic E-state index is 11.8. The number of carbonyl (C=O) groups is 2. The Balaban J connectivity index is 1.92. The van der Waals surface area contributed by atoms with Gasteiger partial charge in [-0.3, -0.25) is 24.5 Å². The van der Waals surface area contributed by atoms with E-state index in [9.17, 15) is 19.7 Å². The SMILES string of the molecule is CONC(=O)C1CN(C(=O)c2ccc([N+](=O)[O-])o2)C1. The number of rotatable bonds is 4. The highest BCUT2D eigenvalue weighted by Gasteiger charge is 2.37. The number of furan rings is 1. The van der Waals surface area contributed by atoms with E-state index >= 15 is 0 Å². The average molecular weight is 269 g/mol. The van der Waals surface area contributed by atoms with Crippen molar-refractivity contribution in [1.29, 1.82) is 0 Å². The Morgan fingerprint density at radius 1 is 1.53 bits per heavy atom. The lowest BCUT2D eigenvalue weighted by molar-refractivity contribution is -0.402. The minimum atomic E-state index is -0.721. The van der Waals surface area contributed by atoms with Crippen molar-refractivity contribution in [3.8, 4) is 0 Å². The first-order valence-electron chi connectivity index (χ1n) is 5.39. The van der Waals surface area contributed by atoms with Gasteiger partial charge in [0.05, 0.1) is 19.1 Å². The predicted octanol–water partition coefficient (Wildman–Crippen LogP) is -0.0626. The zero-order chi connectivity index (χ0) is 14.0. The number of carbonyl (C=O) groups excluding carboxylic acids is 2. The Kier molecular flexibility index (Phi) is 3.47. The smallest absolute Gasteiger partial charge is 0.395 e. The normalized spacial score (nSPS) is 14.9. The van der Waals surface area contributed by atoms with Crippen LogP contribution in [0, 0.1) is 16.0 Å². The molecule has 1 aromatic rings. The summed E-state index contributed by atoms with van der Waals surface area (Å²) in [5, 5.41) is 10.4. The molecule has 0 aromatic carbocycles. The molecule has 0 aliphatic carbocycles. The maximum atomic E-state index is 11.8. The largest absolute Gasteiger partial charge is 0.433 e. The second-order valence-electron chi connectivity index (χ2n) is 3.97. The molecule has 19 heavy (non-hydrogen) atoms. The number of hydrogen-bond donors (Lipinski definition) is 1. The summed E-state index contributed by atoms with van der Waals surface area (Å²) in [5.41, 5.74) is 2.18. The van der Waals surface area contributed by atoms with Crippen molar-refractivity contribution < 1.29 is 23.8 Å². The van der Waals surface area contributed by atoms with Crippen LogP contribution in [0.4, 0.5) is 5.88 Å². The van der Waals surface area contributed by atoms with Crippen LogP contribution in [0.5, 0.6) is 0 Å². The van der Waals surface area contributed by atoms with Crippen LogP contribution in [0.3, 0.4) is 0 Å². The molecule has 102 valence electrons. The molecule has 0 atom stereocenters. The molecule has 1 aliphatic rings. The number of likely N-dealkylation sites (tertiary alicyclic amines) is 1. The number of nitrogens with zero attached hydrogens (tertiary/aromatic N) is 2. The van der Waals surface area contributed by atoms with E-state index in [0.29, 0.717) is 0 Å². The van der Waals surface area contributed by atoms with Crippen LogP contribution >= 0.6 is 0 Å². The molecule has 0 bridgehead atoms. The Labute approximate surface area is 107 Å². The molecule has 1 aliphatic heterocycles. The van der Waals surface area contributed by atoms with Crippen LogP contribution in [-0.2, 0) is 9.63 Å². The zero-order valence-electron chi connectivity index (χ0n) is 9.99. The van der Waals surface area contributed by atoms with Crippen molar-refractivity contribution in [2.24, 2.45) is 5.92 Å². The van der Waals surface area contributed by atoms with E-state index in [1.807, 2.05) is 0 Å². The van der Waals surface area contributed by atoms with Crippen molar-refractivity contribution in [3.05, 3.63) is 28.0 Å². The second kappa shape index (κ2) is 5.06. The van der Waals surface area contributed by atoms with Gasteiger partial charge in [0.1, 0.15) is 4.92 Å². The minimum absolute atomic E-state index is 0.114. The van der Waals surface area contributed by atoms with E-state index < -0.39 is 16.7 Å². The van der Waals surface area contributed by atoms with Crippen LogP contribution < -0.4 is 5.48 Å². The topological polar surface area (TPSA) is 115 Å². The molecule has 0 saturated carbocycles. The van der Waals surface area contributed by atoms with Crippen molar-refractivity contribution in [2.45, 2.75) is 0 Å². The van der Waals surface area contributed by atoms with Crippen LogP contribution in [-0.4, -0.2) is 41.8 Å². The van der Waals surface area contributed by atoms with Gasteiger partial charge < -0.3 is 9.32 Å². The Morgan fingerprint density at radius 3 is 2.74 bits per heavy atom. The first kappa shape index (κ1) is 13.0. The van der Waals surface area contributed by atoms with Crippen molar-refractivity contribution >= 4 is 17.7 Å². The fraction of sp³-hybridized carbons (Fsp3) is 0.400. The van der Waals surface area contributed by atoms with Gasteiger partial charge in [-0.1, -0.05) is 0 Å². The van der Waals surface area contributed by atoms with Gasteiger partial charge in [-0.2, -0.15) is 0 Å². The lowest BCUT2D eigenvalue weighted by Gasteiger charge is -2.37. The zero-order valence-corrected chi connectivity index (χ0v) is 9.99. The molecule has 1 fully saturated rings. The molecular weight excluding hydrogens is 258 g/mol. The lowest BCUT2D eigenvalue weighted by atomic mass is 9.99. The van der Waals surface area contributed by atoms with Crippen LogP contribution in [0.15, 0.2) is 16.5 Å². The van der Waals surface area contributed by atoms with Crippen LogP contribution in [0.25, 0.3) is 0 Å². The molecule has 0 radical (unpaired) electrons. The molecule has 9 nitrogen and oxygen atoms in total. The summed E-state index contributed by atoms with van der Waals surface area (Å²) in [6, 6.07) is 2.35. The molecular formula is C10H11N3O6. The van der Waals surface area contributed by atoms with E-state index in [0.717, 1.165) is 6.07 Å². The maximum Gasteiger partial charge on any atom is 0.433 e. The van der Waals surface area contributed by atoms with E-state index in [2.05, 4.69) is 10.3 Å². The molecule has 2 rings (SSSR count). The quantitative estimate of drug-likeness (QED) is 0.604. The van der Waals surface area contributed by atoms with Gasteiger partial charge in [0.25, 0.3) is 5.91 Å². The van der Waals surface area contributed by atoms with Crippen molar-refractivity contribution in [1.82, 2.24) is 10.4 Å². The fourth-order valence-corrected chi connectivity index (χ4v) is 1.69. The Bertz CT molecular complexity index is 519. The molecule has 1 N–H and O–H groups in total. The Morgan fingerprint density at radius 2 is 2.21 bits per heavy atom. The van der Waals surface area contributed by atoms with E-state index in [1.54, 1.807) is 0 Å². The summed E-state index contributed by atoms with van der Waals surface area (Å²) in [7, 11) is 1.32. The summed E-state index contributed by atoms with van der Waals surface area (Å²) >= 11 is 0. The van der Waals surface area contributed by atoms with E-state index in [-0.39, 0.29) is 30.7 Å². The van der Waals surface area contributed by atoms with Gasteiger partial charge in [-0.25, -0.2) is 5.48 Å². The highest BCUT2D eigenvalue weighted by Crippen LogP contribution is 2.22. The lowest BCUT2D eigenvalue weighted by Crippen LogP contribution is -2.55.